The summed E-state index contributed by atoms with van der Waals surface area (Å²) in [5.41, 5.74) is 4.44. The summed E-state index contributed by atoms with van der Waals surface area (Å²) >= 11 is 0. The number of aromatic nitrogens is 1. The van der Waals surface area contributed by atoms with E-state index in [1.165, 1.54) is 36.1 Å². The minimum Gasteiger partial charge on any atom is -0.317 e. The number of pyridine rings is 1. The minimum absolute atomic E-state index is 0.176. The summed E-state index contributed by atoms with van der Waals surface area (Å²) in [5, 5.41) is 1.21. The van der Waals surface area contributed by atoms with Gasteiger partial charge in [0.15, 0.2) is 0 Å². The van der Waals surface area contributed by atoms with E-state index >= 15 is 0 Å². The van der Waals surface area contributed by atoms with Crippen LogP contribution in [0.5, 0.6) is 0 Å². The molecule has 1 aliphatic rings. The number of piperidine rings is 1. The number of nitrogens with zero attached hydrogens (tertiary/aromatic N) is 2. The molecule has 0 amide bonds. The highest BCUT2D eigenvalue weighted by atomic mass is 19.1. The van der Waals surface area contributed by atoms with Crippen LogP contribution in [0.1, 0.15) is 50.8 Å². The molecule has 1 aromatic heterocycles. The number of likely N-dealkylation sites (tertiary alicyclic amines) is 1. The maximum atomic E-state index is 13.8. The van der Waals surface area contributed by atoms with Crippen molar-refractivity contribution in [3.05, 3.63) is 69.9 Å². The Labute approximate surface area is 184 Å². The third kappa shape index (κ3) is 4.18. The Kier molecular flexibility index (Phi) is 6.02. The molecule has 0 radical (unpaired) electrons. The zero-order valence-corrected chi connectivity index (χ0v) is 19.3. The van der Waals surface area contributed by atoms with E-state index in [1.807, 2.05) is 6.20 Å². The second kappa shape index (κ2) is 8.58. The monoisotopic (exact) mass is 420 g/mol. The molecule has 4 rings (SSSR count). The summed E-state index contributed by atoms with van der Waals surface area (Å²) in [5.74, 6) is 1.22. The van der Waals surface area contributed by atoms with Crippen molar-refractivity contribution in [3.8, 4) is 11.1 Å². The molecule has 1 aliphatic heterocycles. The molecule has 0 N–H and O–H groups in total. The fraction of sp³-hybridized carbons (Fsp3) is 0.444. The van der Waals surface area contributed by atoms with Crippen molar-refractivity contribution in [2.45, 2.75) is 46.6 Å². The van der Waals surface area contributed by atoms with E-state index < -0.39 is 0 Å². The van der Waals surface area contributed by atoms with Crippen molar-refractivity contribution >= 4 is 10.8 Å². The number of benzene rings is 2. The molecular formula is C27H33FN2O. The highest BCUT2D eigenvalue weighted by Gasteiger charge is 2.26. The summed E-state index contributed by atoms with van der Waals surface area (Å²) in [6.07, 6.45) is 4.41. The van der Waals surface area contributed by atoms with Gasteiger partial charge >= 0.3 is 0 Å². The molecule has 2 aromatic carbocycles. The molecule has 31 heavy (non-hydrogen) atoms. The zero-order chi connectivity index (χ0) is 22.3. The highest BCUT2D eigenvalue weighted by molar-refractivity contribution is 5.95. The molecule has 3 aromatic rings. The SMILES string of the molecule is Cc1cc(-c2cn(C)c(=O)c3cc(F)ccc23)ccc1C(C)N1CCC(C(C)C)CC1. The molecular weight excluding hydrogens is 387 g/mol. The van der Waals surface area contributed by atoms with E-state index in [-0.39, 0.29) is 11.4 Å². The molecule has 4 heteroatoms. The fourth-order valence-corrected chi connectivity index (χ4v) is 5.15. The van der Waals surface area contributed by atoms with Crippen molar-refractivity contribution in [1.29, 1.82) is 0 Å². The summed E-state index contributed by atoms with van der Waals surface area (Å²) in [6.45, 7) is 11.5. The Balaban J connectivity index is 1.66. The fourth-order valence-electron chi connectivity index (χ4n) is 5.15. The average molecular weight is 421 g/mol. The quantitative estimate of drug-likeness (QED) is 0.511. The van der Waals surface area contributed by atoms with Crippen molar-refractivity contribution in [1.82, 2.24) is 9.47 Å². The van der Waals surface area contributed by atoms with Crippen LogP contribution in [-0.4, -0.2) is 22.6 Å². The van der Waals surface area contributed by atoms with Gasteiger partial charge in [0.25, 0.3) is 5.56 Å². The largest absolute Gasteiger partial charge is 0.317 e. The van der Waals surface area contributed by atoms with Gasteiger partial charge in [0.1, 0.15) is 5.82 Å². The Morgan fingerprint density at radius 1 is 1.00 bits per heavy atom. The van der Waals surface area contributed by atoms with Gasteiger partial charge < -0.3 is 4.57 Å². The molecule has 1 atom stereocenters. The Morgan fingerprint density at radius 3 is 2.35 bits per heavy atom. The lowest BCUT2D eigenvalue weighted by Gasteiger charge is -2.38. The van der Waals surface area contributed by atoms with Gasteiger partial charge in [-0.25, -0.2) is 4.39 Å². The third-order valence-corrected chi connectivity index (χ3v) is 7.24. The van der Waals surface area contributed by atoms with Gasteiger partial charge in [-0.15, -0.1) is 0 Å². The predicted molar refractivity (Wildman–Crippen MR) is 127 cm³/mol. The molecule has 1 saturated heterocycles. The molecule has 3 nitrogen and oxygen atoms in total. The number of rotatable bonds is 4. The van der Waals surface area contributed by atoms with E-state index in [4.69, 9.17) is 0 Å². The van der Waals surface area contributed by atoms with Gasteiger partial charge in [0, 0.05) is 24.8 Å². The first-order valence-corrected chi connectivity index (χ1v) is 11.4. The number of hydrogen-bond donors (Lipinski definition) is 0. The molecule has 0 aliphatic carbocycles. The van der Waals surface area contributed by atoms with Crippen molar-refractivity contribution in [2.24, 2.45) is 18.9 Å². The zero-order valence-electron chi connectivity index (χ0n) is 19.3. The Morgan fingerprint density at radius 2 is 1.71 bits per heavy atom. The molecule has 0 spiro atoms. The van der Waals surface area contributed by atoms with Crippen LogP contribution < -0.4 is 5.56 Å². The summed E-state index contributed by atoms with van der Waals surface area (Å²) < 4.78 is 15.3. The van der Waals surface area contributed by atoms with Gasteiger partial charge in [-0.3, -0.25) is 9.69 Å². The average Bonchev–Trinajstić information content (AvgIpc) is 2.76. The van der Waals surface area contributed by atoms with Gasteiger partial charge in [-0.05, 0) is 85.8 Å². The molecule has 0 saturated carbocycles. The predicted octanol–water partition coefficient (Wildman–Crippen LogP) is 6.08. The van der Waals surface area contributed by atoms with Gasteiger partial charge in [0.05, 0.1) is 5.39 Å². The minimum atomic E-state index is -0.386. The summed E-state index contributed by atoms with van der Waals surface area (Å²) in [6, 6.07) is 11.4. The first-order chi connectivity index (χ1) is 14.8. The first kappa shape index (κ1) is 21.8. The smallest absolute Gasteiger partial charge is 0.258 e. The van der Waals surface area contributed by atoms with Gasteiger partial charge in [-0.1, -0.05) is 38.1 Å². The van der Waals surface area contributed by atoms with Crippen LogP contribution >= 0.6 is 0 Å². The van der Waals surface area contributed by atoms with Crippen LogP contribution in [-0.2, 0) is 7.05 Å². The highest BCUT2D eigenvalue weighted by Crippen LogP contribution is 2.34. The van der Waals surface area contributed by atoms with Crippen LogP contribution in [0.4, 0.5) is 4.39 Å². The van der Waals surface area contributed by atoms with Crippen LogP contribution in [0.15, 0.2) is 47.4 Å². The van der Waals surface area contributed by atoms with E-state index in [0.29, 0.717) is 11.4 Å². The van der Waals surface area contributed by atoms with Gasteiger partial charge in [-0.2, -0.15) is 0 Å². The van der Waals surface area contributed by atoms with Crippen molar-refractivity contribution in [2.75, 3.05) is 13.1 Å². The Hall–Kier alpha value is -2.46. The molecule has 1 fully saturated rings. The number of halogens is 1. The normalized spacial score (nSPS) is 16.9. The molecule has 0 bridgehead atoms. The van der Waals surface area contributed by atoms with E-state index in [1.54, 1.807) is 17.7 Å². The number of aryl methyl sites for hydroxylation is 2. The molecule has 1 unspecified atom stereocenters. The van der Waals surface area contributed by atoms with E-state index in [9.17, 15) is 9.18 Å². The van der Waals surface area contributed by atoms with Crippen molar-refractivity contribution in [3.63, 3.8) is 0 Å². The summed E-state index contributed by atoms with van der Waals surface area (Å²) in [7, 11) is 1.72. The van der Waals surface area contributed by atoms with Crippen molar-refractivity contribution < 1.29 is 4.39 Å². The van der Waals surface area contributed by atoms with Crippen LogP contribution in [0, 0.1) is 24.6 Å². The number of fused-ring (bicyclic) bond motifs is 1. The third-order valence-electron chi connectivity index (χ3n) is 7.24. The maximum absolute atomic E-state index is 13.8. The second-order valence-electron chi connectivity index (χ2n) is 9.51. The molecule has 164 valence electrons. The number of hydrogen-bond acceptors (Lipinski definition) is 2. The maximum Gasteiger partial charge on any atom is 0.258 e. The van der Waals surface area contributed by atoms with Crippen LogP contribution in [0.2, 0.25) is 0 Å². The Bertz CT molecular complexity index is 1160. The lowest BCUT2D eigenvalue weighted by Crippen LogP contribution is -2.37. The lowest BCUT2D eigenvalue weighted by molar-refractivity contribution is 0.122. The first-order valence-electron chi connectivity index (χ1n) is 11.4. The van der Waals surface area contributed by atoms with Crippen LogP contribution in [0.3, 0.4) is 0 Å². The van der Waals surface area contributed by atoms with Crippen LogP contribution in [0.25, 0.3) is 21.9 Å². The topological polar surface area (TPSA) is 25.2 Å². The lowest BCUT2D eigenvalue weighted by atomic mass is 9.85. The standard InChI is InChI=1S/C27H33FN2O/c1-17(2)20-10-12-30(13-11-20)19(4)23-8-6-21(14-18(23)3)26-16-29(5)27(31)25-15-22(28)7-9-24(25)26/h6-9,14-17,19-20H,10-13H2,1-5H3. The van der Waals surface area contributed by atoms with Gasteiger partial charge in [0.2, 0.25) is 0 Å². The molecule has 2 heterocycles. The van der Waals surface area contributed by atoms with E-state index in [0.717, 1.165) is 41.4 Å². The van der Waals surface area contributed by atoms with E-state index in [2.05, 4.69) is 50.8 Å². The second-order valence-corrected chi connectivity index (χ2v) is 9.51. The summed E-state index contributed by atoms with van der Waals surface area (Å²) in [4.78, 5) is 15.1.